The van der Waals surface area contributed by atoms with Crippen LogP contribution < -0.4 is 10.6 Å². The average Bonchev–Trinajstić information content (AvgIpc) is 2.26. The summed E-state index contributed by atoms with van der Waals surface area (Å²) in [4.78, 5) is 33.1. The Hall–Kier alpha value is -1.63. The topological polar surface area (TPSA) is 105 Å². The van der Waals surface area contributed by atoms with Gasteiger partial charge in [-0.15, -0.1) is 0 Å². The maximum Gasteiger partial charge on any atom is 0.321 e. The van der Waals surface area contributed by atoms with Gasteiger partial charge in [0.2, 0.25) is 5.91 Å². The van der Waals surface area contributed by atoms with Crippen molar-refractivity contribution in [1.82, 2.24) is 10.6 Å². The number of aliphatic carboxylic acids is 1. The fourth-order valence-corrected chi connectivity index (χ4v) is 1.43. The Balaban J connectivity index is 3.68. The normalized spacial score (nSPS) is 11.7. The lowest BCUT2D eigenvalue weighted by Crippen LogP contribution is -2.40. The maximum absolute atomic E-state index is 11.4. The first-order valence-corrected chi connectivity index (χ1v) is 6.32. The number of hydrogen-bond donors (Lipinski definition) is 3. The van der Waals surface area contributed by atoms with Gasteiger partial charge in [0.1, 0.15) is 0 Å². The van der Waals surface area contributed by atoms with Crippen LogP contribution in [0.5, 0.6) is 0 Å². The molecule has 0 heterocycles. The van der Waals surface area contributed by atoms with Gasteiger partial charge in [0.05, 0.1) is 0 Å². The van der Waals surface area contributed by atoms with Crippen LogP contribution in [0.15, 0.2) is 0 Å². The lowest BCUT2D eigenvalue weighted by Gasteiger charge is -2.09. The first kappa shape index (κ1) is 17.4. The van der Waals surface area contributed by atoms with E-state index in [4.69, 9.17) is 9.84 Å². The average molecular weight is 274 g/mol. The quantitative estimate of drug-likeness (QED) is 0.538. The molecule has 0 aromatic heterocycles. The third kappa shape index (κ3) is 11.2. The molecule has 7 nitrogen and oxygen atoms in total. The van der Waals surface area contributed by atoms with Gasteiger partial charge in [0.15, 0.2) is 0 Å². The van der Waals surface area contributed by atoms with E-state index in [0.717, 1.165) is 0 Å². The maximum atomic E-state index is 11.4. The van der Waals surface area contributed by atoms with Gasteiger partial charge in [-0.2, -0.15) is 0 Å². The zero-order valence-electron chi connectivity index (χ0n) is 11.4. The highest BCUT2D eigenvalue weighted by Gasteiger charge is 2.14. The summed E-state index contributed by atoms with van der Waals surface area (Å²) in [5.41, 5.74) is 0. The Kier molecular flexibility index (Phi) is 9.42. The second-order valence-electron chi connectivity index (χ2n) is 4.26. The van der Waals surface area contributed by atoms with Gasteiger partial charge in [-0.25, -0.2) is 4.79 Å². The zero-order valence-corrected chi connectivity index (χ0v) is 11.4. The smallest absolute Gasteiger partial charge is 0.321 e. The molecule has 0 aliphatic rings. The number of rotatable bonds is 9. The Morgan fingerprint density at radius 3 is 2.53 bits per heavy atom. The van der Waals surface area contributed by atoms with Gasteiger partial charge >= 0.3 is 12.0 Å². The highest BCUT2D eigenvalue weighted by atomic mass is 16.5. The van der Waals surface area contributed by atoms with E-state index >= 15 is 0 Å². The second kappa shape index (κ2) is 10.3. The summed E-state index contributed by atoms with van der Waals surface area (Å²) in [6, 6.07) is -0.566. The predicted molar refractivity (Wildman–Crippen MR) is 68.7 cm³/mol. The van der Waals surface area contributed by atoms with Crippen molar-refractivity contribution < 1.29 is 24.2 Å². The van der Waals surface area contributed by atoms with Gasteiger partial charge in [0.25, 0.3) is 0 Å². The number of nitrogens with one attached hydrogen (secondary N) is 2. The van der Waals surface area contributed by atoms with Crippen molar-refractivity contribution in [1.29, 1.82) is 0 Å². The van der Waals surface area contributed by atoms with Crippen LogP contribution in [0.3, 0.4) is 0 Å². The van der Waals surface area contributed by atoms with E-state index in [0.29, 0.717) is 26.2 Å². The molecule has 19 heavy (non-hydrogen) atoms. The van der Waals surface area contributed by atoms with E-state index in [9.17, 15) is 14.4 Å². The molecule has 0 spiro atoms. The molecule has 0 fully saturated rings. The molecular formula is C12H22N2O5. The van der Waals surface area contributed by atoms with Gasteiger partial charge in [-0.1, -0.05) is 6.92 Å². The molecule has 3 amide bonds. The van der Waals surface area contributed by atoms with Gasteiger partial charge in [-0.3, -0.25) is 14.9 Å². The Labute approximate surface area is 112 Å². The molecule has 0 aliphatic heterocycles. The zero-order chi connectivity index (χ0) is 14.7. The molecule has 0 bridgehead atoms. The van der Waals surface area contributed by atoms with Crippen LogP contribution in [0.25, 0.3) is 0 Å². The summed E-state index contributed by atoms with van der Waals surface area (Å²) in [5.74, 6) is -1.74. The van der Waals surface area contributed by atoms with E-state index < -0.39 is 17.9 Å². The molecule has 0 saturated carbocycles. The van der Waals surface area contributed by atoms with Gasteiger partial charge in [-0.05, 0) is 19.3 Å². The molecular weight excluding hydrogens is 252 g/mol. The lowest BCUT2D eigenvalue weighted by atomic mass is 10.0. The van der Waals surface area contributed by atoms with Crippen molar-refractivity contribution >= 4 is 17.9 Å². The van der Waals surface area contributed by atoms with E-state index in [1.807, 2.05) is 6.92 Å². The number of urea groups is 1. The van der Waals surface area contributed by atoms with E-state index in [1.54, 1.807) is 6.92 Å². The molecule has 3 N–H and O–H groups in total. The molecule has 0 radical (unpaired) electrons. The SMILES string of the molecule is CCOCCCNC(=O)NC(=O)CC(C)CC(=O)O. The number of carboxylic acid groups (broad SMARTS) is 1. The predicted octanol–water partition coefficient (Wildman–Crippen LogP) is 0.740. The van der Waals surface area contributed by atoms with Crippen LogP contribution in [0.4, 0.5) is 4.79 Å². The van der Waals surface area contributed by atoms with Gasteiger partial charge in [0, 0.05) is 32.6 Å². The summed E-state index contributed by atoms with van der Waals surface area (Å²) in [5, 5.41) is 13.2. The standard InChI is InChI=1S/C12H22N2O5/c1-3-19-6-4-5-13-12(18)14-10(15)7-9(2)8-11(16)17/h9H,3-8H2,1-2H3,(H,16,17)(H2,13,14,15,18). The van der Waals surface area contributed by atoms with Crippen LogP contribution in [0.1, 0.15) is 33.1 Å². The molecule has 0 saturated heterocycles. The first-order valence-electron chi connectivity index (χ1n) is 6.32. The Morgan fingerprint density at radius 1 is 1.26 bits per heavy atom. The number of hydrogen-bond acceptors (Lipinski definition) is 4. The van der Waals surface area contributed by atoms with Crippen LogP contribution in [-0.2, 0) is 14.3 Å². The third-order valence-corrected chi connectivity index (χ3v) is 2.27. The van der Waals surface area contributed by atoms with Crippen LogP contribution in [0.2, 0.25) is 0 Å². The fraction of sp³-hybridized carbons (Fsp3) is 0.750. The minimum atomic E-state index is -0.958. The summed E-state index contributed by atoms with van der Waals surface area (Å²) < 4.78 is 5.09. The summed E-state index contributed by atoms with van der Waals surface area (Å²) in [7, 11) is 0. The van der Waals surface area contributed by atoms with Crippen LogP contribution >= 0.6 is 0 Å². The third-order valence-electron chi connectivity index (χ3n) is 2.27. The Morgan fingerprint density at radius 2 is 1.95 bits per heavy atom. The van der Waals surface area contributed by atoms with Crippen LogP contribution in [-0.4, -0.2) is 42.8 Å². The number of imide groups is 1. The van der Waals surface area contributed by atoms with E-state index in [1.165, 1.54) is 0 Å². The molecule has 1 atom stereocenters. The van der Waals surface area contributed by atoms with Crippen molar-refractivity contribution in [3.63, 3.8) is 0 Å². The molecule has 110 valence electrons. The second-order valence-corrected chi connectivity index (χ2v) is 4.26. The van der Waals surface area contributed by atoms with E-state index in [-0.39, 0.29) is 18.8 Å². The largest absolute Gasteiger partial charge is 0.481 e. The minimum Gasteiger partial charge on any atom is -0.481 e. The molecule has 0 aromatic carbocycles. The molecule has 7 heteroatoms. The lowest BCUT2D eigenvalue weighted by molar-refractivity contribution is -0.138. The molecule has 0 rings (SSSR count). The first-order chi connectivity index (χ1) is 8.95. The number of ether oxygens (including phenoxy) is 1. The summed E-state index contributed by atoms with van der Waals surface area (Å²) in [6.07, 6.45) is 0.590. The molecule has 1 unspecified atom stereocenters. The number of amides is 3. The van der Waals surface area contributed by atoms with Crippen LogP contribution in [0, 0.1) is 5.92 Å². The van der Waals surface area contributed by atoms with Crippen molar-refractivity contribution in [2.24, 2.45) is 5.92 Å². The highest BCUT2D eigenvalue weighted by Crippen LogP contribution is 2.06. The molecule has 0 aliphatic carbocycles. The summed E-state index contributed by atoms with van der Waals surface area (Å²) in [6.45, 7) is 5.14. The molecule has 0 aromatic rings. The Bertz CT molecular complexity index is 306. The fourth-order valence-electron chi connectivity index (χ4n) is 1.43. The summed E-state index contributed by atoms with van der Waals surface area (Å²) >= 11 is 0. The van der Waals surface area contributed by atoms with Gasteiger partial charge < -0.3 is 15.2 Å². The van der Waals surface area contributed by atoms with Crippen molar-refractivity contribution in [3.8, 4) is 0 Å². The van der Waals surface area contributed by atoms with E-state index in [2.05, 4.69) is 10.6 Å². The number of carbonyl (C=O) groups excluding carboxylic acids is 2. The van der Waals surface area contributed by atoms with Crippen molar-refractivity contribution in [2.75, 3.05) is 19.8 Å². The monoisotopic (exact) mass is 274 g/mol. The number of carbonyl (C=O) groups is 3. The number of carboxylic acids is 1. The van der Waals surface area contributed by atoms with Crippen molar-refractivity contribution in [2.45, 2.75) is 33.1 Å². The minimum absolute atomic E-state index is 0.0126. The van der Waals surface area contributed by atoms with Crippen molar-refractivity contribution in [3.05, 3.63) is 0 Å². The highest BCUT2D eigenvalue weighted by molar-refractivity contribution is 5.94.